The van der Waals surface area contributed by atoms with Gasteiger partial charge in [0.15, 0.2) is 0 Å². The fraction of sp³-hybridized carbons (Fsp3) is 0.308. The Morgan fingerprint density at radius 1 is 1.29 bits per heavy atom. The number of para-hydroxylation sites is 1. The van der Waals surface area contributed by atoms with Gasteiger partial charge in [0.05, 0.1) is 17.1 Å². The minimum atomic E-state index is 0.360. The maximum Gasteiger partial charge on any atom is 0.123 e. The number of phenolic OH excluding ortho intramolecular Hbond substituents is 1. The molecule has 0 radical (unpaired) electrons. The quantitative estimate of drug-likeness (QED) is 0.761. The molecule has 90 valence electrons. The largest absolute Gasteiger partial charge is 0.507 e. The maximum absolute atomic E-state index is 9.90. The highest BCUT2D eigenvalue weighted by atomic mass is 16.3. The van der Waals surface area contributed by atoms with E-state index in [0.717, 1.165) is 28.2 Å². The van der Waals surface area contributed by atoms with Crippen LogP contribution in [-0.2, 0) is 6.54 Å². The summed E-state index contributed by atoms with van der Waals surface area (Å²) in [6, 6.07) is 5.76. The zero-order valence-corrected chi connectivity index (χ0v) is 10.3. The minimum absolute atomic E-state index is 0.360. The van der Waals surface area contributed by atoms with Crippen molar-refractivity contribution in [2.24, 2.45) is 0 Å². The van der Waals surface area contributed by atoms with Gasteiger partial charge in [-0.3, -0.25) is 5.10 Å². The van der Waals surface area contributed by atoms with E-state index in [1.54, 1.807) is 0 Å². The van der Waals surface area contributed by atoms with Crippen LogP contribution in [0.1, 0.15) is 22.5 Å². The number of rotatable bonds is 3. The SMILES string of the molecule is Cc1cccc(CNc2c(C)n[nH]c2C)c1O. The first kappa shape index (κ1) is 11.5. The van der Waals surface area contributed by atoms with Crippen LogP contribution in [0.5, 0.6) is 5.75 Å². The molecule has 0 unspecified atom stereocenters. The summed E-state index contributed by atoms with van der Waals surface area (Å²) in [5.41, 5.74) is 4.74. The summed E-state index contributed by atoms with van der Waals surface area (Å²) >= 11 is 0. The number of anilines is 1. The lowest BCUT2D eigenvalue weighted by molar-refractivity contribution is 0.465. The third-order valence-electron chi connectivity index (χ3n) is 2.91. The molecule has 17 heavy (non-hydrogen) atoms. The molecular weight excluding hydrogens is 214 g/mol. The first-order chi connectivity index (χ1) is 8.09. The molecule has 0 amide bonds. The molecule has 0 atom stereocenters. The van der Waals surface area contributed by atoms with E-state index in [9.17, 15) is 5.11 Å². The Kier molecular flexibility index (Phi) is 3.04. The lowest BCUT2D eigenvalue weighted by Gasteiger charge is -2.09. The summed E-state index contributed by atoms with van der Waals surface area (Å²) in [5, 5.41) is 20.2. The highest BCUT2D eigenvalue weighted by Gasteiger charge is 2.07. The molecular formula is C13H17N3O. The van der Waals surface area contributed by atoms with Crippen LogP contribution in [0.3, 0.4) is 0 Å². The van der Waals surface area contributed by atoms with Crippen LogP contribution in [0.4, 0.5) is 5.69 Å². The Morgan fingerprint density at radius 2 is 2.06 bits per heavy atom. The molecule has 0 spiro atoms. The number of hydrogen-bond acceptors (Lipinski definition) is 3. The van der Waals surface area contributed by atoms with Crippen molar-refractivity contribution < 1.29 is 5.11 Å². The summed E-state index contributed by atoms with van der Waals surface area (Å²) in [6.07, 6.45) is 0. The standard InChI is InChI=1S/C13H17N3O/c1-8-5-4-6-11(13(8)17)7-14-12-9(2)15-16-10(12)3/h4-6,14,17H,7H2,1-3H3,(H,15,16). The van der Waals surface area contributed by atoms with Gasteiger partial charge in [0, 0.05) is 12.1 Å². The van der Waals surface area contributed by atoms with Crippen molar-refractivity contribution in [3.05, 3.63) is 40.7 Å². The molecule has 0 fully saturated rings. The van der Waals surface area contributed by atoms with Crippen LogP contribution in [-0.4, -0.2) is 15.3 Å². The fourth-order valence-electron chi connectivity index (χ4n) is 1.86. The molecule has 1 heterocycles. The molecule has 3 N–H and O–H groups in total. The van der Waals surface area contributed by atoms with Gasteiger partial charge in [0.25, 0.3) is 0 Å². The predicted molar refractivity (Wildman–Crippen MR) is 68.2 cm³/mol. The number of nitrogens with one attached hydrogen (secondary N) is 2. The van der Waals surface area contributed by atoms with Crippen LogP contribution in [0, 0.1) is 20.8 Å². The molecule has 4 heteroatoms. The molecule has 0 aliphatic carbocycles. The molecule has 2 aromatic rings. The van der Waals surface area contributed by atoms with Crippen molar-refractivity contribution in [2.45, 2.75) is 27.3 Å². The average Bonchev–Trinajstić information content (AvgIpc) is 2.62. The Bertz CT molecular complexity index is 512. The highest BCUT2D eigenvalue weighted by Crippen LogP contribution is 2.23. The number of aromatic amines is 1. The van der Waals surface area contributed by atoms with Crippen LogP contribution < -0.4 is 5.32 Å². The monoisotopic (exact) mass is 231 g/mol. The van der Waals surface area contributed by atoms with Gasteiger partial charge >= 0.3 is 0 Å². The van der Waals surface area contributed by atoms with Crippen molar-refractivity contribution in [3.8, 4) is 5.75 Å². The third-order valence-corrected chi connectivity index (χ3v) is 2.91. The van der Waals surface area contributed by atoms with Gasteiger partial charge in [-0.1, -0.05) is 18.2 Å². The van der Waals surface area contributed by atoms with Gasteiger partial charge in [-0.05, 0) is 26.3 Å². The number of aromatic hydroxyl groups is 1. The molecule has 0 saturated heterocycles. The summed E-state index contributed by atoms with van der Waals surface area (Å²) in [4.78, 5) is 0. The second-order valence-corrected chi connectivity index (χ2v) is 4.25. The van der Waals surface area contributed by atoms with Gasteiger partial charge in [0.1, 0.15) is 5.75 Å². The summed E-state index contributed by atoms with van der Waals surface area (Å²) in [6.45, 7) is 6.41. The van der Waals surface area contributed by atoms with Crippen LogP contribution in [0.15, 0.2) is 18.2 Å². The van der Waals surface area contributed by atoms with E-state index in [1.165, 1.54) is 0 Å². The first-order valence-electron chi connectivity index (χ1n) is 5.62. The fourth-order valence-corrected chi connectivity index (χ4v) is 1.86. The Hall–Kier alpha value is -1.97. The van der Waals surface area contributed by atoms with E-state index in [2.05, 4.69) is 15.5 Å². The van der Waals surface area contributed by atoms with E-state index in [4.69, 9.17) is 0 Å². The van der Waals surface area contributed by atoms with Crippen molar-refractivity contribution in [1.82, 2.24) is 10.2 Å². The minimum Gasteiger partial charge on any atom is -0.507 e. The van der Waals surface area contributed by atoms with E-state index in [0.29, 0.717) is 12.3 Å². The third kappa shape index (κ3) is 2.25. The number of aromatic nitrogens is 2. The van der Waals surface area contributed by atoms with Crippen molar-refractivity contribution >= 4 is 5.69 Å². The smallest absolute Gasteiger partial charge is 0.123 e. The first-order valence-corrected chi connectivity index (χ1v) is 5.62. The Labute approximate surface area is 101 Å². The van der Waals surface area contributed by atoms with E-state index in [-0.39, 0.29) is 0 Å². The second-order valence-electron chi connectivity index (χ2n) is 4.25. The second kappa shape index (κ2) is 4.49. The summed E-state index contributed by atoms with van der Waals surface area (Å²) in [5.74, 6) is 0.360. The lowest BCUT2D eigenvalue weighted by atomic mass is 10.1. The Balaban J connectivity index is 2.15. The normalized spacial score (nSPS) is 10.5. The van der Waals surface area contributed by atoms with Crippen LogP contribution in [0.25, 0.3) is 0 Å². The number of hydrogen-bond donors (Lipinski definition) is 3. The van der Waals surface area contributed by atoms with Gasteiger partial charge < -0.3 is 10.4 Å². The highest BCUT2D eigenvalue weighted by molar-refractivity contribution is 5.52. The zero-order chi connectivity index (χ0) is 12.4. The molecule has 0 saturated carbocycles. The van der Waals surface area contributed by atoms with E-state index in [1.807, 2.05) is 39.0 Å². The number of nitrogens with zero attached hydrogens (tertiary/aromatic N) is 1. The van der Waals surface area contributed by atoms with Gasteiger partial charge in [0.2, 0.25) is 0 Å². The number of H-pyrrole nitrogens is 1. The Morgan fingerprint density at radius 3 is 2.71 bits per heavy atom. The summed E-state index contributed by atoms with van der Waals surface area (Å²) in [7, 11) is 0. The predicted octanol–water partition coefficient (Wildman–Crippen LogP) is 2.65. The van der Waals surface area contributed by atoms with E-state index >= 15 is 0 Å². The molecule has 1 aromatic heterocycles. The summed E-state index contributed by atoms with van der Waals surface area (Å²) < 4.78 is 0. The number of benzene rings is 1. The molecule has 0 aliphatic rings. The molecule has 2 rings (SSSR count). The molecule has 1 aromatic carbocycles. The average molecular weight is 231 g/mol. The maximum atomic E-state index is 9.90. The van der Waals surface area contributed by atoms with Crippen molar-refractivity contribution in [2.75, 3.05) is 5.32 Å². The van der Waals surface area contributed by atoms with Gasteiger partial charge in [-0.25, -0.2) is 0 Å². The van der Waals surface area contributed by atoms with Crippen molar-refractivity contribution in [3.63, 3.8) is 0 Å². The van der Waals surface area contributed by atoms with E-state index < -0.39 is 0 Å². The van der Waals surface area contributed by atoms with Crippen LogP contribution in [0.2, 0.25) is 0 Å². The van der Waals surface area contributed by atoms with Crippen molar-refractivity contribution in [1.29, 1.82) is 0 Å². The number of aryl methyl sites for hydroxylation is 3. The molecule has 0 bridgehead atoms. The molecule has 4 nitrogen and oxygen atoms in total. The lowest BCUT2D eigenvalue weighted by Crippen LogP contribution is -2.01. The van der Waals surface area contributed by atoms with Crippen LogP contribution >= 0.6 is 0 Å². The van der Waals surface area contributed by atoms with Gasteiger partial charge in [-0.15, -0.1) is 0 Å². The number of phenols is 1. The van der Waals surface area contributed by atoms with Gasteiger partial charge in [-0.2, -0.15) is 5.10 Å². The zero-order valence-electron chi connectivity index (χ0n) is 10.3. The molecule has 0 aliphatic heterocycles. The topological polar surface area (TPSA) is 60.9 Å².